The second-order valence-electron chi connectivity index (χ2n) is 8.73. The normalized spacial score (nSPS) is 21.7. The lowest BCUT2D eigenvalue weighted by Crippen LogP contribution is -2.63. The number of hydrogen-bond acceptors (Lipinski definition) is 12. The van der Waals surface area contributed by atoms with Crippen molar-refractivity contribution in [3.05, 3.63) is 65.2 Å². The van der Waals surface area contributed by atoms with Gasteiger partial charge in [-0.25, -0.2) is 0 Å². The Bertz CT molecular complexity index is 1300. The van der Waals surface area contributed by atoms with Crippen molar-refractivity contribution in [2.24, 2.45) is 0 Å². The van der Waals surface area contributed by atoms with Crippen LogP contribution >= 0.6 is 0 Å². The fourth-order valence-corrected chi connectivity index (χ4v) is 3.97. The second-order valence-corrected chi connectivity index (χ2v) is 8.73. The van der Waals surface area contributed by atoms with Crippen LogP contribution in [-0.4, -0.2) is 67.0 Å². The quantitative estimate of drug-likeness (QED) is 0.253. The molecular formula is C28H27NO11. The molecule has 1 saturated heterocycles. The van der Waals surface area contributed by atoms with Gasteiger partial charge in [0.15, 0.2) is 18.0 Å². The fraction of sp³-hybridized carbons (Fsp3) is 0.357. The van der Waals surface area contributed by atoms with E-state index in [1.165, 1.54) is 43.3 Å². The van der Waals surface area contributed by atoms with Crippen LogP contribution < -0.4 is 4.74 Å². The number of esters is 4. The third-order valence-corrected chi connectivity index (χ3v) is 5.59. The zero-order chi connectivity index (χ0) is 29.4. The zero-order valence-corrected chi connectivity index (χ0v) is 22.2. The molecule has 0 unspecified atom stereocenters. The van der Waals surface area contributed by atoms with E-state index in [-0.39, 0.29) is 11.5 Å². The highest BCUT2D eigenvalue weighted by molar-refractivity contribution is 6.09. The number of carbonyl (C=O) groups excluding carboxylic acids is 5. The standard InChI is InChI=1S/C28H27NO11/c1-15(30)35-14-23-25(36-16(2)31)26(37-17(3)32)27(38-18(4)33)28(40-23)39-22-11-9-21(10-12-22)24(34)20-7-5-19(13-29)6-8-20/h5-12,23,25-28H,14H2,1-4H3/t23-,25-,26+,27+,28-/m1/s1. The Morgan fingerprint density at radius 3 is 1.73 bits per heavy atom. The lowest BCUT2D eigenvalue weighted by atomic mass is 9.98. The molecule has 1 heterocycles. The van der Waals surface area contributed by atoms with Crippen molar-refractivity contribution in [2.45, 2.75) is 58.4 Å². The summed E-state index contributed by atoms with van der Waals surface area (Å²) in [5.41, 5.74) is 1.14. The summed E-state index contributed by atoms with van der Waals surface area (Å²) >= 11 is 0. The van der Waals surface area contributed by atoms with Crippen molar-refractivity contribution >= 4 is 29.7 Å². The van der Waals surface area contributed by atoms with Crippen LogP contribution in [0.1, 0.15) is 49.2 Å². The minimum absolute atomic E-state index is 0.192. The first-order valence-corrected chi connectivity index (χ1v) is 12.1. The van der Waals surface area contributed by atoms with Gasteiger partial charge in [-0.05, 0) is 48.5 Å². The van der Waals surface area contributed by atoms with Gasteiger partial charge in [-0.3, -0.25) is 24.0 Å². The molecule has 1 aliphatic heterocycles. The van der Waals surface area contributed by atoms with E-state index in [0.717, 1.165) is 20.8 Å². The maximum Gasteiger partial charge on any atom is 0.303 e. The molecule has 1 aliphatic rings. The Morgan fingerprint density at radius 2 is 1.23 bits per heavy atom. The minimum Gasteiger partial charge on any atom is -0.463 e. The number of hydrogen-bond donors (Lipinski definition) is 0. The molecule has 210 valence electrons. The Balaban J connectivity index is 1.90. The summed E-state index contributed by atoms with van der Waals surface area (Å²) in [4.78, 5) is 60.0. The Morgan fingerprint density at radius 1 is 0.725 bits per heavy atom. The van der Waals surface area contributed by atoms with Crippen molar-refractivity contribution in [3.63, 3.8) is 0 Å². The van der Waals surface area contributed by atoms with E-state index >= 15 is 0 Å². The number of carbonyl (C=O) groups is 5. The number of nitriles is 1. The van der Waals surface area contributed by atoms with Gasteiger partial charge in [0.05, 0.1) is 11.6 Å². The number of rotatable bonds is 9. The summed E-state index contributed by atoms with van der Waals surface area (Å²) in [6.45, 7) is 4.14. The van der Waals surface area contributed by atoms with Gasteiger partial charge in [0, 0.05) is 38.8 Å². The molecule has 0 radical (unpaired) electrons. The van der Waals surface area contributed by atoms with Crippen LogP contribution in [0, 0.1) is 11.3 Å². The maximum atomic E-state index is 12.8. The lowest BCUT2D eigenvalue weighted by Gasteiger charge is -2.43. The molecule has 0 bridgehead atoms. The van der Waals surface area contributed by atoms with Crippen LogP contribution in [0.15, 0.2) is 48.5 Å². The van der Waals surface area contributed by atoms with Crippen LogP contribution in [0.25, 0.3) is 0 Å². The summed E-state index contributed by atoms with van der Waals surface area (Å²) in [6.07, 6.45) is -6.63. The molecule has 2 aromatic rings. The largest absolute Gasteiger partial charge is 0.463 e. The number of ether oxygens (including phenoxy) is 6. The SMILES string of the molecule is CC(=O)OC[C@H]1O[C@@H](Oc2ccc(C(=O)c3ccc(C#N)cc3)cc2)[C@@H](OC(C)=O)[C@@H](OC(C)=O)[C@@H]1OC(C)=O. The average Bonchev–Trinajstić information content (AvgIpc) is 2.90. The summed E-state index contributed by atoms with van der Waals surface area (Å²) < 4.78 is 33.0. The van der Waals surface area contributed by atoms with Gasteiger partial charge >= 0.3 is 23.9 Å². The summed E-state index contributed by atoms with van der Waals surface area (Å²) in [6, 6.07) is 14.1. The van der Waals surface area contributed by atoms with E-state index in [9.17, 15) is 24.0 Å². The Hall–Kier alpha value is -4.76. The van der Waals surface area contributed by atoms with E-state index in [4.69, 9.17) is 33.7 Å². The predicted octanol–water partition coefficient (Wildman–Crippen LogP) is 2.25. The zero-order valence-electron chi connectivity index (χ0n) is 22.2. The van der Waals surface area contributed by atoms with Crippen molar-refractivity contribution < 1.29 is 52.4 Å². The summed E-state index contributed by atoms with van der Waals surface area (Å²) in [7, 11) is 0. The van der Waals surface area contributed by atoms with Gasteiger partial charge in [-0.2, -0.15) is 5.26 Å². The Labute approximate surface area is 229 Å². The molecular weight excluding hydrogens is 526 g/mol. The van der Waals surface area contributed by atoms with Gasteiger partial charge in [-0.15, -0.1) is 0 Å². The molecule has 0 amide bonds. The monoisotopic (exact) mass is 553 g/mol. The highest BCUT2D eigenvalue weighted by Gasteiger charge is 2.53. The molecule has 3 rings (SSSR count). The highest BCUT2D eigenvalue weighted by atomic mass is 16.7. The number of ketones is 1. The van der Waals surface area contributed by atoms with Crippen molar-refractivity contribution in [3.8, 4) is 11.8 Å². The van der Waals surface area contributed by atoms with E-state index in [0.29, 0.717) is 16.7 Å². The first-order chi connectivity index (χ1) is 19.0. The van der Waals surface area contributed by atoms with Crippen LogP contribution in [0.5, 0.6) is 5.75 Å². The molecule has 0 aromatic heterocycles. The van der Waals surface area contributed by atoms with Crippen LogP contribution in [-0.2, 0) is 42.9 Å². The van der Waals surface area contributed by atoms with Crippen molar-refractivity contribution in [1.29, 1.82) is 5.26 Å². The average molecular weight is 554 g/mol. The number of benzene rings is 2. The van der Waals surface area contributed by atoms with Gasteiger partial charge < -0.3 is 28.4 Å². The second kappa shape index (κ2) is 13.3. The first kappa shape index (κ1) is 29.8. The van der Waals surface area contributed by atoms with Crippen LogP contribution in [0.2, 0.25) is 0 Å². The van der Waals surface area contributed by atoms with E-state index in [1.54, 1.807) is 12.1 Å². The molecule has 40 heavy (non-hydrogen) atoms. The first-order valence-electron chi connectivity index (χ1n) is 12.1. The lowest BCUT2D eigenvalue weighted by molar-refractivity contribution is -0.288. The molecule has 12 heteroatoms. The molecule has 12 nitrogen and oxygen atoms in total. The van der Waals surface area contributed by atoms with E-state index < -0.39 is 61.2 Å². The molecule has 0 saturated carbocycles. The molecule has 0 N–H and O–H groups in total. The van der Waals surface area contributed by atoms with Crippen molar-refractivity contribution in [2.75, 3.05) is 6.61 Å². The molecule has 0 aliphatic carbocycles. The number of nitrogens with zero attached hydrogens (tertiary/aromatic N) is 1. The summed E-state index contributed by atoms with van der Waals surface area (Å²) in [5.74, 6) is -3.02. The van der Waals surface area contributed by atoms with E-state index in [1.807, 2.05) is 6.07 Å². The Kier molecular flexibility index (Phi) is 9.94. The van der Waals surface area contributed by atoms with Crippen molar-refractivity contribution in [1.82, 2.24) is 0 Å². The van der Waals surface area contributed by atoms with Gasteiger partial charge in [0.2, 0.25) is 12.4 Å². The topological polar surface area (TPSA) is 165 Å². The maximum absolute atomic E-state index is 12.8. The summed E-state index contributed by atoms with van der Waals surface area (Å²) in [5, 5.41) is 8.94. The highest BCUT2D eigenvalue weighted by Crippen LogP contribution is 2.31. The molecule has 0 spiro atoms. The molecule has 1 fully saturated rings. The van der Waals surface area contributed by atoms with E-state index in [2.05, 4.69) is 0 Å². The minimum atomic E-state index is -1.40. The van der Waals surface area contributed by atoms with Crippen LogP contribution in [0.4, 0.5) is 0 Å². The molecule has 2 aromatic carbocycles. The van der Waals surface area contributed by atoms with Gasteiger partial charge in [-0.1, -0.05) is 0 Å². The van der Waals surface area contributed by atoms with Gasteiger partial charge in [0.25, 0.3) is 0 Å². The smallest absolute Gasteiger partial charge is 0.303 e. The molecule has 5 atom stereocenters. The van der Waals surface area contributed by atoms with Crippen LogP contribution in [0.3, 0.4) is 0 Å². The third-order valence-electron chi connectivity index (χ3n) is 5.59. The fourth-order valence-electron chi connectivity index (χ4n) is 3.97. The van der Waals surface area contributed by atoms with Gasteiger partial charge in [0.1, 0.15) is 18.5 Å². The third kappa shape index (κ3) is 7.87. The predicted molar refractivity (Wildman–Crippen MR) is 134 cm³/mol.